The number of aromatic nitrogens is 1. The summed E-state index contributed by atoms with van der Waals surface area (Å²) in [5.74, 6) is 2.40. The van der Waals surface area contributed by atoms with Crippen molar-refractivity contribution in [2.75, 3.05) is 29.5 Å². The van der Waals surface area contributed by atoms with Crippen molar-refractivity contribution in [3.05, 3.63) is 96.3 Å². The molecule has 0 bridgehead atoms. The van der Waals surface area contributed by atoms with Gasteiger partial charge in [-0.05, 0) is 29.8 Å². The zero-order valence-corrected chi connectivity index (χ0v) is 21.0. The molecule has 0 radical (unpaired) electrons. The third-order valence-electron chi connectivity index (χ3n) is 6.45. The van der Waals surface area contributed by atoms with Crippen molar-refractivity contribution < 1.29 is 13.2 Å². The molecule has 0 aliphatic carbocycles. The van der Waals surface area contributed by atoms with Crippen molar-refractivity contribution in [2.45, 2.75) is 19.4 Å². The quantitative estimate of drug-likeness (QED) is 0.353. The number of alkyl halides is 2. The van der Waals surface area contributed by atoms with Gasteiger partial charge in [-0.3, -0.25) is 4.98 Å². The van der Waals surface area contributed by atoms with Crippen LogP contribution in [0.3, 0.4) is 0 Å². The van der Waals surface area contributed by atoms with Crippen LogP contribution in [0.15, 0.2) is 89.6 Å². The van der Waals surface area contributed by atoms with Crippen molar-refractivity contribution >= 4 is 28.9 Å². The van der Waals surface area contributed by atoms with E-state index in [9.17, 15) is 8.78 Å². The zero-order valence-electron chi connectivity index (χ0n) is 20.2. The number of nitrogens with zero attached hydrogens (tertiary/aromatic N) is 5. The van der Waals surface area contributed by atoms with Gasteiger partial charge in [-0.25, -0.2) is 13.2 Å². The maximum Gasteiger partial charge on any atom is 0.278 e. The van der Waals surface area contributed by atoms with E-state index < -0.39 is 12.2 Å². The van der Waals surface area contributed by atoms with Gasteiger partial charge in [-0.15, -0.1) is 0 Å². The van der Waals surface area contributed by atoms with E-state index in [0.717, 1.165) is 47.2 Å². The maximum absolute atomic E-state index is 15.4. The van der Waals surface area contributed by atoms with Crippen LogP contribution in [0.25, 0.3) is 11.1 Å². The van der Waals surface area contributed by atoms with Gasteiger partial charge in [-0.1, -0.05) is 36.9 Å². The van der Waals surface area contributed by atoms with Crippen molar-refractivity contribution in [3.8, 4) is 11.1 Å². The molecule has 3 aromatic rings. The minimum Gasteiger partial charge on any atom is -0.357 e. The minimum atomic E-state index is -2.67. The van der Waals surface area contributed by atoms with E-state index >= 15 is 4.39 Å². The number of benzene rings is 2. The van der Waals surface area contributed by atoms with Gasteiger partial charge in [0.05, 0.1) is 12.3 Å². The minimum absolute atomic E-state index is 0.0759. The Kier molecular flexibility index (Phi) is 7.60. The summed E-state index contributed by atoms with van der Waals surface area (Å²) in [6, 6.07) is 16.7. The molecule has 0 unspecified atom stereocenters. The molecular formula is C28H26F3N5S. The van der Waals surface area contributed by atoms with Gasteiger partial charge in [0.1, 0.15) is 17.3 Å². The van der Waals surface area contributed by atoms with Crippen molar-refractivity contribution in [2.24, 2.45) is 10.2 Å². The third-order valence-corrected chi connectivity index (χ3v) is 7.40. The zero-order chi connectivity index (χ0) is 25.8. The lowest BCUT2D eigenvalue weighted by Crippen LogP contribution is -2.39. The number of pyridine rings is 1. The van der Waals surface area contributed by atoms with Crippen LogP contribution >= 0.6 is 11.8 Å². The summed E-state index contributed by atoms with van der Waals surface area (Å²) in [4.78, 5) is 8.49. The van der Waals surface area contributed by atoms with Gasteiger partial charge < -0.3 is 9.80 Å². The van der Waals surface area contributed by atoms with Crippen LogP contribution in [0.2, 0.25) is 0 Å². The molecule has 0 spiro atoms. The topological polar surface area (TPSA) is 44.1 Å². The van der Waals surface area contributed by atoms with Crippen LogP contribution in [-0.4, -0.2) is 52.3 Å². The average molecular weight is 522 g/mol. The molecular weight excluding hydrogens is 495 g/mol. The second-order valence-electron chi connectivity index (χ2n) is 8.82. The van der Waals surface area contributed by atoms with Gasteiger partial charge in [0.25, 0.3) is 6.43 Å². The van der Waals surface area contributed by atoms with Crippen molar-refractivity contribution in [1.29, 1.82) is 0 Å². The molecule has 1 saturated heterocycles. The fourth-order valence-corrected chi connectivity index (χ4v) is 5.29. The Balaban J connectivity index is 1.43. The highest BCUT2D eigenvalue weighted by Gasteiger charge is 2.24. The Morgan fingerprint density at radius 1 is 1.00 bits per heavy atom. The van der Waals surface area contributed by atoms with E-state index in [1.54, 1.807) is 18.3 Å². The molecule has 0 amide bonds. The van der Waals surface area contributed by atoms with Crippen LogP contribution in [0, 0.1) is 5.82 Å². The molecule has 0 atom stereocenters. The molecule has 1 aromatic heterocycles. The lowest BCUT2D eigenvalue weighted by Gasteiger charge is -2.37. The molecule has 0 N–H and O–H groups in total. The van der Waals surface area contributed by atoms with Gasteiger partial charge in [0.2, 0.25) is 0 Å². The lowest BCUT2D eigenvalue weighted by atomic mass is 10.0. The molecule has 9 heteroatoms. The molecule has 3 heterocycles. The monoisotopic (exact) mass is 521 g/mol. The van der Waals surface area contributed by atoms with Crippen molar-refractivity contribution in [3.63, 3.8) is 0 Å². The fraction of sp³-hybridized carbons (Fsp3) is 0.250. The van der Waals surface area contributed by atoms with E-state index in [1.165, 1.54) is 6.07 Å². The summed E-state index contributed by atoms with van der Waals surface area (Å²) in [7, 11) is 0. The molecule has 2 aromatic carbocycles. The number of hydrogen-bond acceptors (Lipinski definition) is 6. The molecule has 5 nitrogen and oxygen atoms in total. The Bertz CT molecular complexity index is 1340. The van der Waals surface area contributed by atoms with Crippen LogP contribution in [0.1, 0.15) is 17.5 Å². The van der Waals surface area contributed by atoms with E-state index in [4.69, 9.17) is 0 Å². The number of rotatable bonds is 8. The Morgan fingerprint density at radius 2 is 1.81 bits per heavy atom. The normalized spacial score (nSPS) is 15.5. The fourth-order valence-electron chi connectivity index (χ4n) is 4.38. The predicted octanol–water partition coefficient (Wildman–Crippen LogP) is 6.23. The van der Waals surface area contributed by atoms with Crippen LogP contribution in [-0.2, 0) is 6.54 Å². The molecule has 5 rings (SSSR count). The molecule has 0 saturated carbocycles. The lowest BCUT2D eigenvalue weighted by molar-refractivity contribution is 0.224. The molecule has 2 aliphatic rings. The third kappa shape index (κ3) is 5.72. The molecule has 37 heavy (non-hydrogen) atoms. The summed E-state index contributed by atoms with van der Waals surface area (Å²) < 4.78 is 41.2. The highest BCUT2D eigenvalue weighted by Crippen LogP contribution is 2.30. The second-order valence-corrected chi connectivity index (χ2v) is 10.0. The summed E-state index contributed by atoms with van der Waals surface area (Å²) in [6.07, 6.45) is 0.807. The van der Waals surface area contributed by atoms with E-state index in [2.05, 4.69) is 32.7 Å². The highest BCUT2D eigenvalue weighted by atomic mass is 32.2. The standard InChI is InChI=1S/C28H26F3N5S/c1-19(35-10-12-37-13-11-35)36(24-6-2-4-20(14-24)22-5-3-9-32-17-22)18-23-8-7-21(15-25(23)29)26-16-27(28(30)31)34-33-26/h2-9,14-15,17,28H,1,10-13,16,18H2. The number of hydrogen-bond donors (Lipinski definition) is 0. The van der Waals surface area contributed by atoms with E-state index in [1.807, 2.05) is 53.2 Å². The van der Waals surface area contributed by atoms with Gasteiger partial charge in [0, 0.05) is 65.8 Å². The average Bonchev–Trinajstić information content (AvgIpc) is 3.44. The largest absolute Gasteiger partial charge is 0.357 e. The number of thioether (sulfide) groups is 1. The predicted molar refractivity (Wildman–Crippen MR) is 145 cm³/mol. The van der Waals surface area contributed by atoms with Crippen LogP contribution < -0.4 is 4.90 Å². The molecule has 1 fully saturated rings. The smallest absolute Gasteiger partial charge is 0.278 e. The van der Waals surface area contributed by atoms with Crippen molar-refractivity contribution in [1.82, 2.24) is 9.88 Å². The Labute approximate surface area is 218 Å². The van der Waals surface area contributed by atoms with Gasteiger partial charge >= 0.3 is 0 Å². The summed E-state index contributed by atoms with van der Waals surface area (Å²) in [5.41, 5.74) is 3.86. The first-order valence-electron chi connectivity index (χ1n) is 12.0. The van der Waals surface area contributed by atoms with Crippen LogP contribution in [0.5, 0.6) is 0 Å². The first-order chi connectivity index (χ1) is 18.0. The second kappa shape index (κ2) is 11.2. The van der Waals surface area contributed by atoms with E-state index in [-0.39, 0.29) is 18.7 Å². The number of anilines is 1. The van der Waals surface area contributed by atoms with Gasteiger partial charge in [0.15, 0.2) is 0 Å². The summed E-state index contributed by atoms with van der Waals surface area (Å²) >= 11 is 1.91. The van der Waals surface area contributed by atoms with E-state index in [0.29, 0.717) is 16.8 Å². The Hall–Kier alpha value is -3.59. The SMILES string of the molecule is C=C(N1CCSCC1)N(Cc1ccc(C2=NN=C(C(F)F)C2)cc1F)c1cccc(-c2cccnc2)c1. The first-order valence-corrected chi connectivity index (χ1v) is 13.1. The first kappa shape index (κ1) is 25.1. The molecule has 190 valence electrons. The number of halogens is 3. The Morgan fingerprint density at radius 3 is 2.51 bits per heavy atom. The summed E-state index contributed by atoms with van der Waals surface area (Å²) in [6.45, 7) is 6.39. The molecule has 2 aliphatic heterocycles. The highest BCUT2D eigenvalue weighted by molar-refractivity contribution is 7.99. The van der Waals surface area contributed by atoms with Gasteiger partial charge in [-0.2, -0.15) is 22.0 Å². The maximum atomic E-state index is 15.4. The summed E-state index contributed by atoms with van der Waals surface area (Å²) in [5, 5.41) is 7.38. The van der Waals surface area contributed by atoms with Crippen LogP contribution in [0.4, 0.5) is 18.9 Å².